The van der Waals surface area contributed by atoms with Crippen LogP contribution in [-0.4, -0.2) is 32.4 Å². The first-order chi connectivity index (χ1) is 14.1. The molecule has 4 aromatic rings. The molecule has 0 aliphatic carbocycles. The van der Waals surface area contributed by atoms with Crippen molar-refractivity contribution in [1.82, 2.24) is 14.1 Å². The number of rotatable bonds is 7. The van der Waals surface area contributed by atoms with Gasteiger partial charge in [-0.2, -0.15) is 0 Å². The van der Waals surface area contributed by atoms with Gasteiger partial charge >= 0.3 is 11.7 Å². The summed E-state index contributed by atoms with van der Waals surface area (Å²) in [7, 11) is 0. The molecule has 0 saturated carbocycles. The summed E-state index contributed by atoms with van der Waals surface area (Å²) in [5, 5.41) is 0.851. The molecule has 2 aromatic carbocycles. The highest BCUT2D eigenvalue weighted by Crippen LogP contribution is 2.25. The number of oxazole rings is 1. The van der Waals surface area contributed by atoms with E-state index in [1.54, 1.807) is 41.5 Å². The average Bonchev–Trinajstić information content (AvgIpc) is 3.24. The number of para-hydroxylation sites is 2. The summed E-state index contributed by atoms with van der Waals surface area (Å²) in [5.41, 5.74) is 3.60. The van der Waals surface area contributed by atoms with Crippen LogP contribution in [0.15, 0.2) is 56.8 Å². The molecule has 0 radical (unpaired) electrons. The molecular weight excluding hydrogens is 390 g/mol. The molecule has 0 amide bonds. The van der Waals surface area contributed by atoms with Crippen molar-refractivity contribution < 1.29 is 13.9 Å². The molecule has 7 nitrogen and oxygen atoms in total. The quantitative estimate of drug-likeness (QED) is 0.339. The molecule has 0 atom stereocenters. The summed E-state index contributed by atoms with van der Waals surface area (Å²) in [6, 6.07) is 12.8. The predicted octanol–water partition coefficient (Wildman–Crippen LogP) is 3.93. The van der Waals surface area contributed by atoms with Crippen LogP contribution in [0.5, 0.6) is 0 Å². The molecule has 0 aliphatic rings. The lowest BCUT2D eigenvalue weighted by atomic mass is 10.2. The Hall–Kier alpha value is -3.00. The van der Waals surface area contributed by atoms with Crippen molar-refractivity contribution >= 4 is 39.9 Å². The molecule has 29 heavy (non-hydrogen) atoms. The van der Waals surface area contributed by atoms with E-state index in [4.69, 9.17) is 14.1 Å². The molecule has 0 spiro atoms. The van der Waals surface area contributed by atoms with Gasteiger partial charge in [-0.3, -0.25) is 4.57 Å². The Labute approximate surface area is 171 Å². The van der Waals surface area contributed by atoms with E-state index in [0.717, 1.165) is 28.3 Å². The summed E-state index contributed by atoms with van der Waals surface area (Å²) in [6.07, 6.45) is 0. The number of benzene rings is 2. The lowest BCUT2D eigenvalue weighted by Crippen LogP contribution is -2.15. The Morgan fingerprint density at radius 3 is 2.76 bits per heavy atom. The highest BCUT2D eigenvalue weighted by atomic mass is 32.2. The van der Waals surface area contributed by atoms with Gasteiger partial charge in [0.25, 0.3) is 0 Å². The van der Waals surface area contributed by atoms with E-state index in [2.05, 4.69) is 11.5 Å². The largest absolute Gasteiger partial charge is 0.462 e. The maximum Gasteiger partial charge on any atom is 0.419 e. The van der Waals surface area contributed by atoms with Gasteiger partial charge in [0.1, 0.15) is 0 Å². The Kier molecular flexibility index (Phi) is 5.44. The number of thioether (sulfide) groups is 1. The summed E-state index contributed by atoms with van der Waals surface area (Å²) < 4.78 is 14.1. The Morgan fingerprint density at radius 1 is 1.14 bits per heavy atom. The number of fused-ring (bicyclic) bond motifs is 2. The van der Waals surface area contributed by atoms with Crippen molar-refractivity contribution in [3.63, 3.8) is 0 Å². The normalized spacial score (nSPS) is 11.4. The van der Waals surface area contributed by atoms with Crippen LogP contribution in [0.3, 0.4) is 0 Å². The topological polar surface area (TPSA) is 79.3 Å². The maximum atomic E-state index is 12.1. The van der Waals surface area contributed by atoms with E-state index >= 15 is 0 Å². The Bertz CT molecular complexity index is 1240. The van der Waals surface area contributed by atoms with E-state index in [1.807, 2.05) is 24.3 Å². The lowest BCUT2D eigenvalue weighted by molar-refractivity contribution is 0.0526. The molecular formula is C21H21N3O4S. The van der Waals surface area contributed by atoms with Gasteiger partial charge in [-0.25, -0.2) is 14.6 Å². The number of nitrogens with zero attached hydrogens (tertiary/aromatic N) is 3. The van der Waals surface area contributed by atoms with Crippen LogP contribution in [-0.2, 0) is 17.8 Å². The molecule has 0 bridgehead atoms. The smallest absolute Gasteiger partial charge is 0.419 e. The van der Waals surface area contributed by atoms with Crippen LogP contribution >= 0.6 is 11.8 Å². The van der Waals surface area contributed by atoms with E-state index in [-0.39, 0.29) is 11.7 Å². The number of esters is 1. The molecule has 8 heteroatoms. The van der Waals surface area contributed by atoms with E-state index in [0.29, 0.717) is 30.1 Å². The minimum absolute atomic E-state index is 0.337. The van der Waals surface area contributed by atoms with Crippen LogP contribution in [0.1, 0.15) is 24.2 Å². The third-order valence-corrected chi connectivity index (χ3v) is 5.62. The van der Waals surface area contributed by atoms with E-state index in [1.165, 1.54) is 0 Å². The second kappa shape index (κ2) is 8.16. The van der Waals surface area contributed by atoms with Gasteiger partial charge in [-0.05, 0) is 44.2 Å². The van der Waals surface area contributed by atoms with Gasteiger partial charge in [0.2, 0.25) is 0 Å². The molecule has 0 aliphatic heterocycles. The van der Waals surface area contributed by atoms with Crippen LogP contribution < -0.4 is 5.76 Å². The van der Waals surface area contributed by atoms with Crippen molar-refractivity contribution in [2.45, 2.75) is 32.1 Å². The predicted molar refractivity (Wildman–Crippen MR) is 113 cm³/mol. The van der Waals surface area contributed by atoms with Gasteiger partial charge < -0.3 is 13.7 Å². The summed E-state index contributed by atoms with van der Waals surface area (Å²) in [5.74, 6) is -0.0342. The molecule has 2 aromatic heterocycles. The molecule has 0 unspecified atom stereocenters. The van der Waals surface area contributed by atoms with Crippen LogP contribution in [0.25, 0.3) is 22.1 Å². The van der Waals surface area contributed by atoms with E-state index < -0.39 is 0 Å². The minimum atomic E-state index is -0.352. The Balaban J connectivity index is 1.56. The van der Waals surface area contributed by atoms with Crippen molar-refractivity contribution in [3.05, 3.63) is 58.6 Å². The van der Waals surface area contributed by atoms with Gasteiger partial charge in [-0.1, -0.05) is 23.9 Å². The minimum Gasteiger partial charge on any atom is -0.462 e. The SMILES string of the molecule is CCOC(=O)c1ccc2c(c1)nc(SCCn1c(=O)oc3ccccc31)n2CC. The third kappa shape index (κ3) is 3.67. The first-order valence-electron chi connectivity index (χ1n) is 9.51. The van der Waals surface area contributed by atoms with Crippen molar-refractivity contribution in [1.29, 1.82) is 0 Å². The van der Waals surface area contributed by atoms with Gasteiger partial charge in [0.05, 0.1) is 28.7 Å². The van der Waals surface area contributed by atoms with Crippen molar-refractivity contribution in [2.24, 2.45) is 0 Å². The highest BCUT2D eigenvalue weighted by molar-refractivity contribution is 7.99. The molecule has 0 N–H and O–H groups in total. The van der Waals surface area contributed by atoms with Crippen LogP contribution in [0.4, 0.5) is 0 Å². The van der Waals surface area contributed by atoms with Crippen LogP contribution in [0.2, 0.25) is 0 Å². The fourth-order valence-corrected chi connectivity index (χ4v) is 4.32. The number of hydrogen-bond acceptors (Lipinski definition) is 6. The standard InChI is InChI=1S/C21H21N3O4S/c1-3-23-16-10-9-14(19(25)27-4-2)13-15(16)22-20(23)29-12-11-24-17-7-5-6-8-18(17)28-21(24)26/h5-10,13H,3-4,11-12H2,1-2H3. The molecule has 0 saturated heterocycles. The zero-order chi connectivity index (χ0) is 20.4. The maximum absolute atomic E-state index is 12.1. The first kappa shape index (κ1) is 19.3. The highest BCUT2D eigenvalue weighted by Gasteiger charge is 2.14. The first-order valence-corrected chi connectivity index (χ1v) is 10.5. The number of aryl methyl sites for hydroxylation is 2. The second-order valence-corrected chi connectivity index (χ2v) is 7.46. The number of hydrogen-bond donors (Lipinski definition) is 0. The fraction of sp³-hybridized carbons (Fsp3) is 0.286. The summed E-state index contributed by atoms with van der Waals surface area (Å²) in [4.78, 5) is 28.8. The molecule has 2 heterocycles. The second-order valence-electron chi connectivity index (χ2n) is 6.40. The molecule has 4 rings (SSSR count). The summed E-state index contributed by atoms with van der Waals surface area (Å²) >= 11 is 1.57. The van der Waals surface area contributed by atoms with Crippen molar-refractivity contribution in [3.8, 4) is 0 Å². The molecule has 150 valence electrons. The fourth-order valence-electron chi connectivity index (χ4n) is 3.32. The average molecular weight is 411 g/mol. The number of imidazole rings is 1. The van der Waals surface area contributed by atoms with E-state index in [9.17, 15) is 9.59 Å². The zero-order valence-electron chi connectivity index (χ0n) is 16.3. The monoisotopic (exact) mass is 411 g/mol. The number of ether oxygens (including phenoxy) is 1. The zero-order valence-corrected chi connectivity index (χ0v) is 17.1. The van der Waals surface area contributed by atoms with Crippen LogP contribution in [0, 0.1) is 0 Å². The summed E-state index contributed by atoms with van der Waals surface area (Å²) in [6.45, 7) is 5.45. The van der Waals surface area contributed by atoms with Gasteiger partial charge in [0.15, 0.2) is 10.7 Å². The van der Waals surface area contributed by atoms with Crippen molar-refractivity contribution in [2.75, 3.05) is 12.4 Å². The Morgan fingerprint density at radius 2 is 1.97 bits per heavy atom. The third-order valence-electron chi connectivity index (χ3n) is 4.66. The van der Waals surface area contributed by atoms with Gasteiger partial charge in [-0.15, -0.1) is 0 Å². The number of carbonyl (C=O) groups is 1. The number of aromatic nitrogens is 3. The number of carbonyl (C=O) groups excluding carboxylic acids is 1. The lowest BCUT2D eigenvalue weighted by Gasteiger charge is -2.06. The molecule has 0 fully saturated rings. The van der Waals surface area contributed by atoms with Gasteiger partial charge in [0, 0.05) is 18.8 Å².